The Labute approximate surface area is 110 Å². The van der Waals surface area contributed by atoms with Crippen molar-refractivity contribution in [2.24, 2.45) is 11.3 Å². The van der Waals surface area contributed by atoms with Gasteiger partial charge >= 0.3 is 0 Å². The molecule has 0 amide bonds. The summed E-state index contributed by atoms with van der Waals surface area (Å²) in [5, 5.41) is 10.1. The molecule has 2 nitrogen and oxygen atoms in total. The molecule has 0 radical (unpaired) electrons. The number of aromatic hydroxyl groups is 1. The van der Waals surface area contributed by atoms with Gasteiger partial charge in [-0.05, 0) is 54.5 Å². The highest BCUT2D eigenvalue weighted by atomic mass is 35.5. The summed E-state index contributed by atoms with van der Waals surface area (Å²) in [5.41, 5.74) is 3.34. The monoisotopic (exact) mass is 260 g/mol. The number of phenols is 1. The number of carbonyl (C=O) groups is 1. The van der Waals surface area contributed by atoms with Gasteiger partial charge in [0, 0.05) is 11.3 Å². The number of halogens is 1. The van der Waals surface area contributed by atoms with Crippen LogP contribution < -0.4 is 0 Å². The third kappa shape index (κ3) is 1.12. The molecular weight excluding hydrogens is 248 g/mol. The van der Waals surface area contributed by atoms with Crippen LogP contribution in [0.1, 0.15) is 30.4 Å². The maximum atomic E-state index is 12.2. The molecule has 3 aliphatic rings. The van der Waals surface area contributed by atoms with Crippen LogP contribution >= 0.6 is 11.6 Å². The summed E-state index contributed by atoms with van der Waals surface area (Å²) >= 11 is 6.33. The molecule has 3 aliphatic carbocycles. The summed E-state index contributed by atoms with van der Waals surface area (Å²) in [7, 11) is 0. The van der Waals surface area contributed by atoms with E-state index in [0.717, 1.165) is 42.4 Å². The fourth-order valence-electron chi connectivity index (χ4n) is 4.10. The average Bonchev–Trinajstić information content (AvgIpc) is 2.86. The lowest BCUT2D eigenvalue weighted by atomic mass is 9.74. The van der Waals surface area contributed by atoms with Crippen molar-refractivity contribution in [2.45, 2.75) is 25.7 Å². The first-order chi connectivity index (χ1) is 8.61. The predicted octanol–water partition coefficient (Wildman–Crippen LogP) is 3.27. The van der Waals surface area contributed by atoms with E-state index in [2.05, 4.69) is 0 Å². The molecule has 1 saturated carbocycles. The molecule has 92 valence electrons. The second-order valence-corrected chi connectivity index (χ2v) is 6.17. The van der Waals surface area contributed by atoms with Crippen LogP contribution in [0.3, 0.4) is 0 Å². The topological polar surface area (TPSA) is 37.3 Å². The highest BCUT2D eigenvalue weighted by molar-refractivity contribution is 6.46. The Bertz CT molecular complexity index is 617. The minimum Gasteiger partial charge on any atom is -0.508 e. The van der Waals surface area contributed by atoms with E-state index in [4.69, 9.17) is 11.6 Å². The van der Waals surface area contributed by atoms with Crippen molar-refractivity contribution in [1.82, 2.24) is 0 Å². The highest BCUT2D eigenvalue weighted by Gasteiger charge is 2.54. The largest absolute Gasteiger partial charge is 0.508 e. The van der Waals surface area contributed by atoms with Gasteiger partial charge in [-0.3, -0.25) is 4.79 Å². The van der Waals surface area contributed by atoms with Crippen LogP contribution in [0.2, 0.25) is 0 Å². The van der Waals surface area contributed by atoms with E-state index in [-0.39, 0.29) is 17.1 Å². The number of Topliss-reactive ketones (excluding diaryl/α,β-unsaturated/α-hetero) is 1. The maximum Gasteiger partial charge on any atom is 0.177 e. The van der Waals surface area contributed by atoms with Gasteiger partial charge in [0.15, 0.2) is 5.78 Å². The average molecular weight is 261 g/mol. The molecule has 1 aromatic carbocycles. The molecular formula is C15H13ClO2. The van der Waals surface area contributed by atoms with Crippen molar-refractivity contribution in [3.63, 3.8) is 0 Å². The Hall–Kier alpha value is -1.28. The zero-order chi connectivity index (χ0) is 12.5. The van der Waals surface area contributed by atoms with Crippen molar-refractivity contribution in [3.8, 4) is 5.75 Å². The first kappa shape index (κ1) is 10.6. The van der Waals surface area contributed by atoms with E-state index in [1.807, 2.05) is 12.1 Å². The Balaban J connectivity index is 2.01. The number of fused-ring (bicyclic) bond motifs is 3. The molecule has 18 heavy (non-hydrogen) atoms. The SMILES string of the molecule is O=C1C(Cl)=C2c3ccc(O)cc3CC23CCC1C3. The normalized spacial score (nSPS) is 32.7. The molecule has 4 rings (SSSR count). The molecule has 1 fully saturated rings. The molecule has 2 bridgehead atoms. The van der Waals surface area contributed by atoms with E-state index in [1.54, 1.807) is 6.07 Å². The van der Waals surface area contributed by atoms with Gasteiger partial charge in [0.05, 0.1) is 5.03 Å². The highest BCUT2D eigenvalue weighted by Crippen LogP contribution is 2.62. The van der Waals surface area contributed by atoms with E-state index in [9.17, 15) is 9.90 Å². The van der Waals surface area contributed by atoms with E-state index in [0.29, 0.717) is 10.8 Å². The summed E-state index contributed by atoms with van der Waals surface area (Å²) in [6.45, 7) is 0. The number of allylic oxidation sites excluding steroid dienone is 2. The summed E-state index contributed by atoms with van der Waals surface area (Å²) in [6.07, 6.45) is 3.86. The van der Waals surface area contributed by atoms with Gasteiger partial charge in [-0.1, -0.05) is 17.7 Å². The molecule has 1 aromatic rings. The van der Waals surface area contributed by atoms with Crippen LogP contribution in [0.15, 0.2) is 23.2 Å². The van der Waals surface area contributed by atoms with Crippen molar-refractivity contribution >= 4 is 23.0 Å². The summed E-state index contributed by atoms with van der Waals surface area (Å²) in [6, 6.07) is 5.40. The number of hydrogen-bond acceptors (Lipinski definition) is 2. The summed E-state index contributed by atoms with van der Waals surface area (Å²) in [5.74, 6) is 0.547. The van der Waals surface area contributed by atoms with E-state index < -0.39 is 0 Å². The minimum atomic E-state index is 0.0752. The molecule has 2 unspecified atom stereocenters. The standard InChI is InChI=1S/C15H13ClO2/c16-13-12-11-2-1-10(17)5-9(11)7-15(12)4-3-8(6-15)14(13)18/h1-2,5,8,17H,3-4,6-7H2. The molecule has 0 aromatic heterocycles. The number of ketones is 1. The molecule has 0 saturated heterocycles. The molecule has 3 heteroatoms. The van der Waals surface area contributed by atoms with Gasteiger partial charge in [-0.15, -0.1) is 0 Å². The lowest BCUT2D eigenvalue weighted by molar-refractivity contribution is -0.118. The third-order valence-corrected chi connectivity index (χ3v) is 5.21. The van der Waals surface area contributed by atoms with Crippen LogP contribution in [0.25, 0.3) is 5.57 Å². The maximum absolute atomic E-state index is 12.2. The van der Waals surface area contributed by atoms with Crippen molar-refractivity contribution in [1.29, 1.82) is 0 Å². The molecule has 0 heterocycles. The zero-order valence-electron chi connectivity index (χ0n) is 9.87. The number of rotatable bonds is 0. The lowest BCUT2D eigenvalue weighted by Gasteiger charge is -2.30. The van der Waals surface area contributed by atoms with E-state index in [1.165, 1.54) is 0 Å². The van der Waals surface area contributed by atoms with Gasteiger partial charge in [-0.25, -0.2) is 0 Å². The molecule has 0 aliphatic heterocycles. The zero-order valence-corrected chi connectivity index (χ0v) is 10.6. The van der Waals surface area contributed by atoms with Crippen LogP contribution in [-0.2, 0) is 11.2 Å². The Morgan fingerprint density at radius 2 is 2.22 bits per heavy atom. The number of phenolic OH excluding ortho intramolecular Hbond substituents is 1. The smallest absolute Gasteiger partial charge is 0.177 e. The lowest BCUT2D eigenvalue weighted by Crippen LogP contribution is -2.25. The Kier molecular flexibility index (Phi) is 1.88. The summed E-state index contributed by atoms with van der Waals surface area (Å²) in [4.78, 5) is 12.2. The second-order valence-electron chi connectivity index (χ2n) is 5.79. The van der Waals surface area contributed by atoms with Crippen LogP contribution in [0.4, 0.5) is 0 Å². The van der Waals surface area contributed by atoms with Gasteiger partial charge in [0.25, 0.3) is 0 Å². The van der Waals surface area contributed by atoms with Gasteiger partial charge in [0.1, 0.15) is 5.75 Å². The predicted molar refractivity (Wildman–Crippen MR) is 69.4 cm³/mol. The molecule has 1 N–H and O–H groups in total. The summed E-state index contributed by atoms with van der Waals surface area (Å²) < 4.78 is 0. The van der Waals surface area contributed by atoms with Crippen LogP contribution in [-0.4, -0.2) is 10.9 Å². The van der Waals surface area contributed by atoms with Gasteiger partial charge in [0.2, 0.25) is 0 Å². The molecule has 1 spiro atoms. The van der Waals surface area contributed by atoms with Crippen LogP contribution in [0, 0.1) is 11.3 Å². The quantitative estimate of drug-likeness (QED) is 0.777. The first-order valence-electron chi connectivity index (χ1n) is 6.37. The number of carbonyl (C=O) groups excluding carboxylic acids is 1. The fourth-order valence-corrected chi connectivity index (χ4v) is 4.56. The number of benzene rings is 1. The van der Waals surface area contributed by atoms with Crippen molar-refractivity contribution < 1.29 is 9.90 Å². The Morgan fingerprint density at radius 1 is 1.39 bits per heavy atom. The first-order valence-corrected chi connectivity index (χ1v) is 6.75. The van der Waals surface area contributed by atoms with Gasteiger partial charge in [-0.2, -0.15) is 0 Å². The van der Waals surface area contributed by atoms with E-state index >= 15 is 0 Å². The second kappa shape index (κ2) is 3.18. The van der Waals surface area contributed by atoms with Crippen LogP contribution in [0.5, 0.6) is 5.75 Å². The third-order valence-electron chi connectivity index (χ3n) is 4.83. The number of hydrogen-bond donors (Lipinski definition) is 1. The Morgan fingerprint density at radius 3 is 3.06 bits per heavy atom. The minimum absolute atomic E-state index is 0.0752. The van der Waals surface area contributed by atoms with Gasteiger partial charge < -0.3 is 5.11 Å². The molecule has 2 atom stereocenters. The van der Waals surface area contributed by atoms with Crippen molar-refractivity contribution in [3.05, 3.63) is 34.4 Å². The fraction of sp³-hybridized carbons (Fsp3) is 0.400. The van der Waals surface area contributed by atoms with Crippen molar-refractivity contribution in [2.75, 3.05) is 0 Å².